The van der Waals surface area contributed by atoms with Crippen molar-refractivity contribution in [2.24, 2.45) is 0 Å². The molecule has 0 radical (unpaired) electrons. The van der Waals surface area contributed by atoms with Gasteiger partial charge in [-0.05, 0) is 24.3 Å². The van der Waals surface area contributed by atoms with E-state index in [9.17, 15) is 0 Å². The summed E-state index contributed by atoms with van der Waals surface area (Å²) in [5.41, 5.74) is 0. The zero-order valence-electron chi connectivity index (χ0n) is 8.98. The van der Waals surface area contributed by atoms with Crippen molar-refractivity contribution in [3.63, 3.8) is 0 Å². The first-order chi connectivity index (χ1) is 8.25. The molecule has 0 aliphatic carbocycles. The molecule has 2 aromatic carbocycles. The highest BCUT2D eigenvalue weighted by Gasteiger charge is 2.14. The van der Waals surface area contributed by atoms with Crippen molar-refractivity contribution in [2.45, 2.75) is 0 Å². The van der Waals surface area contributed by atoms with Crippen LogP contribution in [0.3, 0.4) is 0 Å². The smallest absolute Gasteiger partial charge is 0.509 e. The van der Waals surface area contributed by atoms with E-state index in [1.54, 1.807) is 36.4 Å². The van der Waals surface area contributed by atoms with Crippen LogP contribution >= 0.6 is 0 Å². The lowest BCUT2D eigenvalue weighted by Crippen LogP contribution is -2.20. The standard InChI is InChI=1S/C12H11BO4/c14-13(15)17-12-9-5-4-8-11(12)16-10-6-2-1-3-7-10/h1-9,14-15H. The first-order valence-corrected chi connectivity index (χ1v) is 5.10. The summed E-state index contributed by atoms with van der Waals surface area (Å²) in [6, 6.07) is 15.9. The molecule has 4 nitrogen and oxygen atoms in total. The lowest BCUT2D eigenvalue weighted by Gasteiger charge is -2.11. The molecule has 0 fully saturated rings. The molecular weight excluding hydrogens is 219 g/mol. The molecule has 0 bridgehead atoms. The Bertz CT molecular complexity index is 473. The van der Waals surface area contributed by atoms with Gasteiger partial charge in [-0.3, -0.25) is 0 Å². The molecule has 0 saturated carbocycles. The summed E-state index contributed by atoms with van der Waals surface area (Å²) in [5.74, 6) is 1.34. The third-order valence-corrected chi connectivity index (χ3v) is 2.05. The highest BCUT2D eigenvalue weighted by atomic mass is 16.6. The Morgan fingerprint density at radius 3 is 2.00 bits per heavy atom. The van der Waals surface area contributed by atoms with Gasteiger partial charge >= 0.3 is 7.32 Å². The normalized spacial score (nSPS) is 9.76. The van der Waals surface area contributed by atoms with Gasteiger partial charge in [-0.25, -0.2) is 0 Å². The van der Waals surface area contributed by atoms with Gasteiger partial charge in [-0.15, -0.1) is 0 Å². The van der Waals surface area contributed by atoms with E-state index in [2.05, 4.69) is 0 Å². The van der Waals surface area contributed by atoms with Gasteiger partial charge in [0.05, 0.1) is 0 Å². The quantitative estimate of drug-likeness (QED) is 0.786. The summed E-state index contributed by atoms with van der Waals surface area (Å²) < 4.78 is 10.4. The topological polar surface area (TPSA) is 58.9 Å². The van der Waals surface area contributed by atoms with Crippen LogP contribution < -0.4 is 9.39 Å². The molecule has 0 unspecified atom stereocenters. The van der Waals surface area contributed by atoms with Crippen LogP contribution in [-0.2, 0) is 0 Å². The Morgan fingerprint density at radius 2 is 1.35 bits per heavy atom. The average molecular weight is 230 g/mol. The van der Waals surface area contributed by atoms with Gasteiger partial charge in [0.25, 0.3) is 0 Å². The van der Waals surface area contributed by atoms with Gasteiger partial charge in [0.1, 0.15) is 11.5 Å². The van der Waals surface area contributed by atoms with Crippen LogP contribution in [0.1, 0.15) is 0 Å². The number of para-hydroxylation sites is 3. The molecule has 2 rings (SSSR count). The maximum Gasteiger partial charge on any atom is 0.707 e. The Hall–Kier alpha value is -1.98. The first kappa shape index (κ1) is 11.5. The Morgan fingerprint density at radius 1 is 0.765 bits per heavy atom. The minimum absolute atomic E-state index is 0.270. The molecule has 0 spiro atoms. The number of ether oxygens (including phenoxy) is 1. The van der Waals surface area contributed by atoms with Crippen molar-refractivity contribution in [1.29, 1.82) is 0 Å². The molecule has 0 atom stereocenters. The van der Waals surface area contributed by atoms with Gasteiger partial charge in [-0.1, -0.05) is 30.3 Å². The number of rotatable bonds is 4. The third-order valence-electron chi connectivity index (χ3n) is 2.05. The minimum atomic E-state index is -1.87. The van der Waals surface area contributed by atoms with E-state index in [1.807, 2.05) is 18.2 Å². The summed E-state index contributed by atoms with van der Waals surface area (Å²) >= 11 is 0. The Labute approximate surface area is 99.2 Å². The summed E-state index contributed by atoms with van der Waals surface area (Å²) in [5, 5.41) is 17.5. The largest absolute Gasteiger partial charge is 0.707 e. The second-order valence-electron chi connectivity index (χ2n) is 3.31. The molecular formula is C12H11BO4. The van der Waals surface area contributed by atoms with E-state index in [0.717, 1.165) is 0 Å². The highest BCUT2D eigenvalue weighted by Crippen LogP contribution is 2.30. The van der Waals surface area contributed by atoms with Crippen molar-refractivity contribution < 1.29 is 19.4 Å². The zero-order chi connectivity index (χ0) is 12.1. The van der Waals surface area contributed by atoms with Gasteiger partial charge in [0, 0.05) is 0 Å². The third kappa shape index (κ3) is 3.24. The van der Waals surface area contributed by atoms with E-state index in [1.165, 1.54) is 0 Å². The van der Waals surface area contributed by atoms with Gasteiger partial charge < -0.3 is 19.4 Å². The fraction of sp³-hybridized carbons (Fsp3) is 0. The van der Waals surface area contributed by atoms with Crippen LogP contribution in [0.4, 0.5) is 0 Å². The molecule has 2 N–H and O–H groups in total. The predicted molar refractivity (Wildman–Crippen MR) is 63.8 cm³/mol. The van der Waals surface area contributed by atoms with Crippen LogP contribution in [0.25, 0.3) is 0 Å². The molecule has 17 heavy (non-hydrogen) atoms. The second-order valence-corrected chi connectivity index (χ2v) is 3.31. The van der Waals surface area contributed by atoms with E-state index in [0.29, 0.717) is 11.5 Å². The predicted octanol–water partition coefficient (Wildman–Crippen LogP) is 1.83. The van der Waals surface area contributed by atoms with Crippen LogP contribution in [0.2, 0.25) is 0 Å². The van der Waals surface area contributed by atoms with Crippen molar-refractivity contribution in [3.05, 3.63) is 54.6 Å². The average Bonchev–Trinajstić information content (AvgIpc) is 2.32. The van der Waals surface area contributed by atoms with E-state index in [4.69, 9.17) is 19.4 Å². The SMILES string of the molecule is OB(O)Oc1ccccc1Oc1ccccc1. The summed E-state index contributed by atoms with van der Waals surface area (Å²) in [6.07, 6.45) is 0. The van der Waals surface area contributed by atoms with Crippen molar-refractivity contribution in [3.8, 4) is 17.2 Å². The number of benzene rings is 2. The molecule has 0 heterocycles. The van der Waals surface area contributed by atoms with Crippen molar-refractivity contribution in [2.75, 3.05) is 0 Å². The monoisotopic (exact) mass is 230 g/mol. The van der Waals surface area contributed by atoms with Crippen LogP contribution in [-0.4, -0.2) is 17.4 Å². The maximum atomic E-state index is 8.77. The number of hydrogen-bond donors (Lipinski definition) is 2. The van der Waals surface area contributed by atoms with Crippen LogP contribution in [0, 0.1) is 0 Å². The van der Waals surface area contributed by atoms with Crippen LogP contribution in [0.5, 0.6) is 17.2 Å². The van der Waals surface area contributed by atoms with Crippen LogP contribution in [0.15, 0.2) is 54.6 Å². The molecule has 0 aliphatic heterocycles. The molecule has 0 saturated heterocycles. The second kappa shape index (κ2) is 5.38. The summed E-state index contributed by atoms with van der Waals surface area (Å²) in [4.78, 5) is 0. The van der Waals surface area contributed by atoms with E-state index in [-0.39, 0.29) is 5.75 Å². The highest BCUT2D eigenvalue weighted by molar-refractivity contribution is 6.33. The fourth-order valence-corrected chi connectivity index (χ4v) is 1.36. The minimum Gasteiger partial charge on any atom is -0.509 e. The van der Waals surface area contributed by atoms with E-state index < -0.39 is 7.32 Å². The molecule has 5 heteroatoms. The lowest BCUT2D eigenvalue weighted by molar-refractivity contribution is 0.282. The van der Waals surface area contributed by atoms with Gasteiger partial charge in [-0.2, -0.15) is 0 Å². The Kier molecular flexibility index (Phi) is 3.64. The lowest BCUT2D eigenvalue weighted by atomic mass is 10.2. The van der Waals surface area contributed by atoms with Gasteiger partial charge in [0.2, 0.25) is 0 Å². The molecule has 86 valence electrons. The molecule has 0 aromatic heterocycles. The Balaban J connectivity index is 2.20. The summed E-state index contributed by atoms with van der Waals surface area (Å²) in [7, 11) is -1.87. The molecule has 0 amide bonds. The molecule has 0 aliphatic rings. The van der Waals surface area contributed by atoms with Crippen molar-refractivity contribution >= 4 is 7.32 Å². The van der Waals surface area contributed by atoms with Gasteiger partial charge in [0.15, 0.2) is 5.75 Å². The maximum absolute atomic E-state index is 8.77. The molecule has 2 aromatic rings. The van der Waals surface area contributed by atoms with Crippen molar-refractivity contribution in [1.82, 2.24) is 0 Å². The number of hydrogen-bond acceptors (Lipinski definition) is 4. The zero-order valence-corrected chi connectivity index (χ0v) is 8.98. The van der Waals surface area contributed by atoms with E-state index >= 15 is 0 Å². The first-order valence-electron chi connectivity index (χ1n) is 5.10. The summed E-state index contributed by atoms with van der Waals surface area (Å²) in [6.45, 7) is 0. The fourth-order valence-electron chi connectivity index (χ4n) is 1.36.